The lowest BCUT2D eigenvalue weighted by molar-refractivity contribution is -0.153. The van der Waals surface area contributed by atoms with Crippen molar-refractivity contribution >= 4 is 34.6 Å². The smallest absolute Gasteiger partial charge is 0.331 e. The standard InChI is InChI=1S/C23H24N2O3S2/c1-2-28-22(27)23(12-6-7-13-23)25-19(26)15-18-20(17-11-8-14-29-17)24-21(30-18)16-9-4-3-5-10-16/h3-5,8-11,14H,2,6-7,12-13,15H2,1H3,(H,25,26). The van der Waals surface area contributed by atoms with Crippen molar-refractivity contribution in [1.29, 1.82) is 0 Å². The van der Waals surface area contributed by atoms with E-state index >= 15 is 0 Å². The molecule has 5 nitrogen and oxygen atoms in total. The summed E-state index contributed by atoms with van der Waals surface area (Å²) < 4.78 is 5.26. The molecule has 156 valence electrons. The summed E-state index contributed by atoms with van der Waals surface area (Å²) in [4.78, 5) is 32.4. The van der Waals surface area contributed by atoms with Crippen molar-refractivity contribution in [3.8, 4) is 21.1 Å². The van der Waals surface area contributed by atoms with Crippen LogP contribution in [-0.2, 0) is 20.7 Å². The summed E-state index contributed by atoms with van der Waals surface area (Å²) in [7, 11) is 0. The van der Waals surface area contributed by atoms with Gasteiger partial charge in [-0.2, -0.15) is 0 Å². The van der Waals surface area contributed by atoms with E-state index in [-0.39, 0.29) is 18.3 Å². The number of thiophene rings is 1. The molecule has 3 aromatic rings. The molecule has 0 aliphatic heterocycles. The van der Waals surface area contributed by atoms with Gasteiger partial charge in [-0.3, -0.25) is 4.79 Å². The molecule has 0 saturated heterocycles. The number of hydrogen-bond donors (Lipinski definition) is 1. The van der Waals surface area contributed by atoms with E-state index in [0.29, 0.717) is 19.4 Å². The van der Waals surface area contributed by atoms with Gasteiger partial charge in [-0.25, -0.2) is 9.78 Å². The summed E-state index contributed by atoms with van der Waals surface area (Å²) >= 11 is 3.14. The summed E-state index contributed by atoms with van der Waals surface area (Å²) in [5, 5.41) is 5.92. The van der Waals surface area contributed by atoms with E-state index in [9.17, 15) is 9.59 Å². The van der Waals surface area contributed by atoms with Crippen molar-refractivity contribution in [3.05, 3.63) is 52.7 Å². The second kappa shape index (κ2) is 9.10. The van der Waals surface area contributed by atoms with Crippen LogP contribution in [0.1, 0.15) is 37.5 Å². The molecule has 0 spiro atoms. The Morgan fingerprint density at radius 3 is 2.57 bits per heavy atom. The molecular formula is C23H24N2O3S2. The van der Waals surface area contributed by atoms with Gasteiger partial charge in [0.2, 0.25) is 5.91 Å². The van der Waals surface area contributed by atoms with Gasteiger partial charge in [-0.05, 0) is 31.2 Å². The summed E-state index contributed by atoms with van der Waals surface area (Å²) in [6.45, 7) is 2.10. The minimum Gasteiger partial charge on any atom is -0.464 e. The summed E-state index contributed by atoms with van der Waals surface area (Å²) in [6, 6.07) is 14.0. The molecule has 30 heavy (non-hydrogen) atoms. The van der Waals surface area contributed by atoms with E-state index in [1.807, 2.05) is 47.8 Å². The van der Waals surface area contributed by atoms with E-state index in [2.05, 4.69) is 5.32 Å². The Labute approximate surface area is 184 Å². The molecule has 0 atom stereocenters. The van der Waals surface area contributed by atoms with Crippen LogP contribution in [0.4, 0.5) is 0 Å². The average molecular weight is 441 g/mol. The van der Waals surface area contributed by atoms with E-state index in [1.54, 1.807) is 18.3 Å². The number of ether oxygens (including phenoxy) is 1. The summed E-state index contributed by atoms with van der Waals surface area (Å²) in [6.07, 6.45) is 3.29. The Kier molecular flexibility index (Phi) is 6.29. The van der Waals surface area contributed by atoms with E-state index in [4.69, 9.17) is 9.72 Å². The predicted octanol–water partition coefficient (Wildman–Crippen LogP) is 5.07. The Balaban J connectivity index is 1.59. The lowest BCUT2D eigenvalue weighted by atomic mass is 9.97. The molecule has 1 fully saturated rings. The Hall–Kier alpha value is -2.51. The second-order valence-corrected chi connectivity index (χ2v) is 9.40. The number of carbonyl (C=O) groups is 2. The molecule has 1 aliphatic rings. The molecule has 0 bridgehead atoms. The second-order valence-electron chi connectivity index (χ2n) is 7.37. The maximum absolute atomic E-state index is 13.0. The lowest BCUT2D eigenvalue weighted by Gasteiger charge is -2.27. The molecule has 1 aliphatic carbocycles. The number of benzene rings is 1. The molecule has 1 aromatic carbocycles. The van der Waals surface area contributed by atoms with Gasteiger partial charge in [0.1, 0.15) is 10.5 Å². The van der Waals surface area contributed by atoms with Crippen LogP contribution < -0.4 is 5.32 Å². The highest BCUT2D eigenvalue weighted by atomic mass is 32.1. The average Bonchev–Trinajstić information content (AvgIpc) is 3.50. The molecular weight excluding hydrogens is 416 g/mol. The zero-order valence-corrected chi connectivity index (χ0v) is 18.5. The van der Waals surface area contributed by atoms with Crippen LogP contribution in [0.25, 0.3) is 21.1 Å². The third kappa shape index (κ3) is 4.32. The fourth-order valence-electron chi connectivity index (χ4n) is 3.87. The van der Waals surface area contributed by atoms with Crippen molar-refractivity contribution in [2.45, 2.75) is 44.6 Å². The van der Waals surface area contributed by atoms with Crippen molar-refractivity contribution < 1.29 is 14.3 Å². The number of rotatable bonds is 7. The minimum atomic E-state index is -0.886. The molecule has 2 heterocycles. The summed E-state index contributed by atoms with van der Waals surface area (Å²) in [5.74, 6) is -0.477. The van der Waals surface area contributed by atoms with Crippen LogP contribution in [0, 0.1) is 0 Å². The highest BCUT2D eigenvalue weighted by Gasteiger charge is 2.43. The molecule has 1 saturated carbocycles. The number of hydrogen-bond acceptors (Lipinski definition) is 6. The van der Waals surface area contributed by atoms with Crippen LogP contribution in [0.5, 0.6) is 0 Å². The first kappa shape index (κ1) is 20.8. The molecule has 4 rings (SSSR count). The minimum absolute atomic E-state index is 0.161. The zero-order chi connectivity index (χ0) is 21.0. The topological polar surface area (TPSA) is 68.3 Å². The maximum Gasteiger partial charge on any atom is 0.331 e. The molecule has 1 N–H and O–H groups in total. The zero-order valence-electron chi connectivity index (χ0n) is 16.8. The monoisotopic (exact) mass is 440 g/mol. The normalized spacial score (nSPS) is 15.1. The van der Waals surface area contributed by atoms with E-state index in [1.165, 1.54) is 11.3 Å². The molecule has 1 amide bonds. The largest absolute Gasteiger partial charge is 0.464 e. The Bertz CT molecular complexity index is 1010. The number of carbonyl (C=O) groups excluding carboxylic acids is 2. The van der Waals surface area contributed by atoms with Crippen molar-refractivity contribution in [3.63, 3.8) is 0 Å². The van der Waals surface area contributed by atoms with Gasteiger partial charge in [0.15, 0.2) is 0 Å². The maximum atomic E-state index is 13.0. The van der Waals surface area contributed by atoms with Crippen LogP contribution in [0.2, 0.25) is 0 Å². The SMILES string of the molecule is CCOC(=O)C1(NC(=O)Cc2sc(-c3ccccc3)nc2-c2cccs2)CCCC1. The number of aromatic nitrogens is 1. The van der Waals surface area contributed by atoms with Crippen LogP contribution >= 0.6 is 22.7 Å². The van der Waals surface area contributed by atoms with Gasteiger partial charge in [-0.1, -0.05) is 49.2 Å². The number of nitrogens with one attached hydrogen (secondary N) is 1. The van der Waals surface area contributed by atoms with Gasteiger partial charge in [0, 0.05) is 10.4 Å². The van der Waals surface area contributed by atoms with Crippen molar-refractivity contribution in [2.75, 3.05) is 6.61 Å². The van der Waals surface area contributed by atoms with E-state index < -0.39 is 5.54 Å². The molecule has 2 aromatic heterocycles. The fraction of sp³-hybridized carbons (Fsp3) is 0.348. The number of thiazole rings is 1. The Morgan fingerprint density at radius 1 is 1.13 bits per heavy atom. The van der Waals surface area contributed by atoms with Gasteiger partial charge < -0.3 is 10.1 Å². The third-order valence-electron chi connectivity index (χ3n) is 5.30. The molecule has 0 radical (unpaired) electrons. The van der Waals surface area contributed by atoms with Gasteiger partial charge in [-0.15, -0.1) is 22.7 Å². The molecule has 0 unspecified atom stereocenters. The fourth-order valence-corrected chi connectivity index (χ4v) is 5.75. The van der Waals surface area contributed by atoms with Gasteiger partial charge in [0.05, 0.1) is 23.6 Å². The lowest BCUT2D eigenvalue weighted by Crippen LogP contribution is -2.53. The van der Waals surface area contributed by atoms with Gasteiger partial charge in [0.25, 0.3) is 0 Å². The number of esters is 1. The first-order valence-electron chi connectivity index (χ1n) is 10.2. The third-order valence-corrected chi connectivity index (χ3v) is 7.28. The first-order valence-corrected chi connectivity index (χ1v) is 11.9. The van der Waals surface area contributed by atoms with Crippen LogP contribution in [-0.4, -0.2) is 29.0 Å². The predicted molar refractivity (Wildman–Crippen MR) is 121 cm³/mol. The molecule has 7 heteroatoms. The van der Waals surface area contributed by atoms with Crippen molar-refractivity contribution in [2.24, 2.45) is 0 Å². The Morgan fingerprint density at radius 2 is 1.90 bits per heavy atom. The quantitative estimate of drug-likeness (QED) is 0.521. The van der Waals surface area contributed by atoms with E-state index in [0.717, 1.165) is 38.9 Å². The number of nitrogens with zero attached hydrogens (tertiary/aromatic N) is 1. The van der Waals surface area contributed by atoms with Crippen molar-refractivity contribution in [1.82, 2.24) is 10.3 Å². The first-order chi connectivity index (χ1) is 14.6. The highest BCUT2D eigenvalue weighted by molar-refractivity contribution is 7.17. The summed E-state index contributed by atoms with van der Waals surface area (Å²) in [5.41, 5.74) is 0.995. The highest BCUT2D eigenvalue weighted by Crippen LogP contribution is 2.37. The number of amides is 1. The van der Waals surface area contributed by atoms with Gasteiger partial charge >= 0.3 is 5.97 Å². The van der Waals surface area contributed by atoms with Crippen LogP contribution in [0.3, 0.4) is 0 Å². The van der Waals surface area contributed by atoms with Crippen LogP contribution in [0.15, 0.2) is 47.8 Å².